The van der Waals surface area contributed by atoms with E-state index in [9.17, 15) is 36.7 Å². The summed E-state index contributed by atoms with van der Waals surface area (Å²) < 4.78 is 60.8. The lowest BCUT2D eigenvalue weighted by atomic mass is 10.0. The van der Waals surface area contributed by atoms with E-state index in [-0.39, 0.29) is 37.5 Å². The van der Waals surface area contributed by atoms with Crippen LogP contribution in [0.4, 0.5) is 13.6 Å². The van der Waals surface area contributed by atoms with Crippen LogP contribution in [0.3, 0.4) is 0 Å². The third-order valence-corrected chi connectivity index (χ3v) is 11.2. The van der Waals surface area contributed by atoms with E-state index < -0.39 is 68.8 Å². The monoisotopic (exact) mass is 722 g/mol. The number of benzene rings is 2. The van der Waals surface area contributed by atoms with Gasteiger partial charge in [0, 0.05) is 45.1 Å². The Morgan fingerprint density at radius 2 is 1.68 bits per heavy atom. The highest BCUT2D eigenvalue weighted by Gasteiger charge is 2.37. The van der Waals surface area contributed by atoms with Crippen LogP contribution in [0, 0.1) is 11.6 Å². The van der Waals surface area contributed by atoms with E-state index in [0.29, 0.717) is 50.6 Å². The van der Waals surface area contributed by atoms with Gasteiger partial charge in [-0.2, -0.15) is 0 Å². The molecule has 0 unspecified atom stereocenters. The summed E-state index contributed by atoms with van der Waals surface area (Å²) in [5.41, 5.74) is 8.17. The number of carbonyl (C=O) groups excluding carboxylic acids is 3. The Kier molecular flexibility index (Phi) is 15.6. The third-order valence-electron chi connectivity index (χ3n) is 8.96. The number of carbonyl (C=O) groups is 3. The molecule has 0 bridgehead atoms. The van der Waals surface area contributed by atoms with Crippen molar-refractivity contribution in [3.8, 4) is 0 Å². The summed E-state index contributed by atoms with van der Waals surface area (Å²) in [6.07, 6.45) is -0.0815. The molecule has 1 aliphatic rings. The fraction of sp³-hybridized carbons (Fsp3) is 0.583. The zero-order valence-corrected chi connectivity index (χ0v) is 30.3. The van der Waals surface area contributed by atoms with Crippen LogP contribution < -0.4 is 11.1 Å². The van der Waals surface area contributed by atoms with E-state index in [1.54, 1.807) is 6.07 Å². The van der Waals surface area contributed by atoms with Gasteiger partial charge >= 0.3 is 6.09 Å². The van der Waals surface area contributed by atoms with Gasteiger partial charge in [0.05, 0.1) is 23.7 Å². The fourth-order valence-corrected chi connectivity index (χ4v) is 8.40. The summed E-state index contributed by atoms with van der Waals surface area (Å²) in [6.45, 7) is 7.27. The number of rotatable bonds is 18. The van der Waals surface area contributed by atoms with Crippen molar-refractivity contribution in [2.45, 2.75) is 109 Å². The van der Waals surface area contributed by atoms with Gasteiger partial charge in [-0.25, -0.2) is 22.0 Å². The lowest BCUT2D eigenvalue weighted by Gasteiger charge is -2.32. The lowest BCUT2D eigenvalue weighted by Crippen LogP contribution is -2.55. The molecule has 1 aliphatic heterocycles. The fourth-order valence-electron chi connectivity index (χ4n) is 6.25. The molecule has 2 aromatic carbocycles. The number of nitrogens with two attached hydrogens (primary N) is 1. The first-order valence-electron chi connectivity index (χ1n) is 17.3. The normalized spacial score (nSPS) is 16.6. The zero-order valence-electron chi connectivity index (χ0n) is 29.4. The second-order valence-corrected chi connectivity index (χ2v) is 15.4. The number of hydrogen-bond acceptors (Lipinski definition) is 8. The van der Waals surface area contributed by atoms with Crippen molar-refractivity contribution >= 4 is 27.7 Å². The molecule has 4 N–H and O–H groups in total. The standard InChI is InChI=1S/C36H52F2N4O7S/c1-5-9-31(10-6-2)50(47,48)23-33(40-36(46)49-30-13-14-41(21-30)24(4)43)35(45)42(20-26-12-8-11-25(7-3)15-26)22-34(44)32(39)18-27-16-28(37)19-29(38)17-27/h8,11-12,15-17,19,30-34,44H,5-7,9-10,13-14,18,20-23,39H2,1-4H3,(H,40,46)/t30-,32+,33-,34-/m1/s1. The molecule has 278 valence electrons. The number of ether oxygens (including phenoxy) is 1. The van der Waals surface area contributed by atoms with Crippen molar-refractivity contribution in [2.75, 3.05) is 25.4 Å². The van der Waals surface area contributed by atoms with Crippen molar-refractivity contribution in [2.24, 2.45) is 5.73 Å². The molecular weight excluding hydrogens is 670 g/mol. The first-order valence-corrected chi connectivity index (χ1v) is 19.1. The summed E-state index contributed by atoms with van der Waals surface area (Å²) in [5, 5.41) is 13.0. The van der Waals surface area contributed by atoms with Gasteiger partial charge in [-0.3, -0.25) is 9.59 Å². The summed E-state index contributed by atoms with van der Waals surface area (Å²) in [6, 6.07) is 7.71. The highest BCUT2D eigenvalue weighted by molar-refractivity contribution is 7.92. The maximum Gasteiger partial charge on any atom is 0.408 e. The van der Waals surface area contributed by atoms with E-state index >= 15 is 0 Å². The first-order chi connectivity index (χ1) is 23.6. The number of aliphatic hydroxyl groups is 1. The predicted molar refractivity (Wildman–Crippen MR) is 187 cm³/mol. The molecule has 3 amide bonds. The average molecular weight is 723 g/mol. The van der Waals surface area contributed by atoms with Gasteiger partial charge in [0.2, 0.25) is 11.8 Å². The Bertz CT molecular complexity index is 1530. The van der Waals surface area contributed by atoms with Crippen LogP contribution in [-0.4, -0.2) is 96.2 Å². The molecule has 0 spiro atoms. The van der Waals surface area contributed by atoms with E-state index in [4.69, 9.17) is 10.5 Å². The number of amides is 3. The van der Waals surface area contributed by atoms with E-state index in [1.165, 1.54) is 16.7 Å². The average Bonchev–Trinajstić information content (AvgIpc) is 3.52. The molecule has 1 saturated heterocycles. The van der Waals surface area contributed by atoms with Crippen LogP contribution in [0.25, 0.3) is 0 Å². The van der Waals surface area contributed by atoms with Crippen molar-refractivity contribution in [3.63, 3.8) is 0 Å². The molecule has 0 aromatic heterocycles. The van der Waals surface area contributed by atoms with Crippen molar-refractivity contribution in [1.29, 1.82) is 0 Å². The number of aryl methyl sites for hydroxylation is 1. The van der Waals surface area contributed by atoms with Gasteiger partial charge in [0.25, 0.3) is 0 Å². The summed E-state index contributed by atoms with van der Waals surface area (Å²) in [5.74, 6) is -3.25. The van der Waals surface area contributed by atoms with Gasteiger partial charge in [0.15, 0.2) is 9.84 Å². The maximum absolute atomic E-state index is 14.4. The number of halogens is 2. The molecule has 4 atom stereocenters. The Morgan fingerprint density at radius 3 is 2.26 bits per heavy atom. The molecular formula is C36H52F2N4O7S. The van der Waals surface area contributed by atoms with Crippen molar-refractivity contribution < 1.29 is 41.4 Å². The molecule has 11 nitrogen and oxygen atoms in total. The van der Waals surface area contributed by atoms with Gasteiger partial charge in [-0.05, 0) is 54.5 Å². The second kappa shape index (κ2) is 19.1. The number of aliphatic hydroxyl groups excluding tert-OH is 1. The highest BCUT2D eigenvalue weighted by atomic mass is 32.2. The molecule has 1 heterocycles. The van der Waals surface area contributed by atoms with Crippen LogP contribution in [0.2, 0.25) is 0 Å². The smallest absolute Gasteiger partial charge is 0.408 e. The minimum absolute atomic E-state index is 0.0537. The Balaban J connectivity index is 1.94. The van der Waals surface area contributed by atoms with Gasteiger partial charge in [0.1, 0.15) is 23.8 Å². The Hall–Kier alpha value is -3.62. The molecule has 0 radical (unpaired) electrons. The third kappa shape index (κ3) is 12.3. The summed E-state index contributed by atoms with van der Waals surface area (Å²) >= 11 is 0. The predicted octanol–water partition coefficient (Wildman–Crippen LogP) is 3.89. The Labute approximate surface area is 294 Å². The highest BCUT2D eigenvalue weighted by Crippen LogP contribution is 2.20. The van der Waals surface area contributed by atoms with Crippen molar-refractivity contribution in [1.82, 2.24) is 15.1 Å². The van der Waals surface area contributed by atoms with Crippen LogP contribution in [-0.2, 0) is 43.5 Å². The molecule has 0 aliphatic carbocycles. The first kappa shape index (κ1) is 40.8. The zero-order chi connectivity index (χ0) is 37.0. The van der Waals surface area contributed by atoms with Gasteiger partial charge in [-0.1, -0.05) is 57.9 Å². The van der Waals surface area contributed by atoms with Gasteiger partial charge < -0.3 is 30.7 Å². The molecule has 0 saturated carbocycles. The number of nitrogens with one attached hydrogen (secondary N) is 1. The SMILES string of the molecule is CCCC(CCC)S(=O)(=O)C[C@@H](NC(=O)O[C@@H]1CCN(C(C)=O)C1)C(=O)N(Cc1cccc(CC)c1)C[C@@H](O)[C@@H](N)Cc1cc(F)cc(F)c1. The number of sulfone groups is 1. The summed E-state index contributed by atoms with van der Waals surface area (Å²) in [7, 11) is -3.92. The quantitative estimate of drug-likeness (QED) is 0.209. The maximum atomic E-state index is 14.4. The van der Waals surface area contributed by atoms with Crippen LogP contribution in [0.15, 0.2) is 42.5 Å². The molecule has 3 rings (SSSR count). The number of hydrogen-bond donors (Lipinski definition) is 3. The lowest BCUT2D eigenvalue weighted by molar-refractivity contribution is -0.135. The van der Waals surface area contributed by atoms with E-state index in [2.05, 4.69) is 5.32 Å². The largest absolute Gasteiger partial charge is 0.444 e. The Morgan fingerprint density at radius 1 is 1.04 bits per heavy atom. The van der Waals surface area contributed by atoms with Crippen LogP contribution in [0.5, 0.6) is 0 Å². The molecule has 2 aromatic rings. The number of likely N-dealkylation sites (tertiary alicyclic amines) is 1. The van der Waals surface area contributed by atoms with Gasteiger partial charge in [-0.15, -0.1) is 0 Å². The second-order valence-electron chi connectivity index (χ2n) is 13.1. The minimum Gasteiger partial charge on any atom is -0.444 e. The molecule has 1 fully saturated rings. The number of alkyl carbamates (subject to hydrolysis) is 1. The van der Waals surface area contributed by atoms with Crippen LogP contribution in [0.1, 0.15) is 76.5 Å². The topological polar surface area (TPSA) is 159 Å². The minimum atomic E-state index is -3.92. The van der Waals surface area contributed by atoms with E-state index in [1.807, 2.05) is 39.0 Å². The molecule has 14 heteroatoms. The number of nitrogens with zero attached hydrogens (tertiary/aromatic N) is 2. The van der Waals surface area contributed by atoms with E-state index in [0.717, 1.165) is 23.8 Å². The van der Waals surface area contributed by atoms with Crippen molar-refractivity contribution in [3.05, 3.63) is 70.8 Å². The van der Waals surface area contributed by atoms with Crippen LogP contribution >= 0.6 is 0 Å². The molecule has 50 heavy (non-hydrogen) atoms. The summed E-state index contributed by atoms with van der Waals surface area (Å²) in [4.78, 5) is 42.2.